The minimum atomic E-state index is -0.513. The Balaban J connectivity index is 2.11. The van der Waals surface area contributed by atoms with Crippen LogP contribution in [0.3, 0.4) is 0 Å². The minimum Gasteiger partial charge on any atom is -0.457 e. The number of ether oxygens (including phenoxy) is 1. The lowest BCUT2D eigenvalue weighted by Crippen LogP contribution is -2.10. The molecule has 0 radical (unpaired) electrons. The molecule has 104 valence electrons. The standard InChI is InChI=1S/C15H13ClFNO2/c1-9-3-2-4-13(18)14(9)15(19)20-8-10-5-6-12(17)11(16)7-10/h2-7H,8,18H2,1H3. The van der Waals surface area contributed by atoms with E-state index in [1.54, 1.807) is 25.1 Å². The highest BCUT2D eigenvalue weighted by Gasteiger charge is 2.14. The van der Waals surface area contributed by atoms with Crippen molar-refractivity contribution in [3.05, 3.63) is 63.9 Å². The summed E-state index contributed by atoms with van der Waals surface area (Å²) in [7, 11) is 0. The monoisotopic (exact) mass is 293 g/mol. The molecule has 0 unspecified atom stereocenters. The van der Waals surface area contributed by atoms with Gasteiger partial charge in [-0.05, 0) is 36.2 Å². The lowest BCUT2D eigenvalue weighted by atomic mass is 10.1. The van der Waals surface area contributed by atoms with Crippen LogP contribution in [-0.4, -0.2) is 5.97 Å². The largest absolute Gasteiger partial charge is 0.457 e. The normalized spacial score (nSPS) is 10.3. The molecule has 2 aromatic carbocycles. The fraction of sp³-hybridized carbons (Fsp3) is 0.133. The Morgan fingerprint density at radius 1 is 1.35 bits per heavy atom. The Labute approximate surface area is 121 Å². The van der Waals surface area contributed by atoms with Crippen molar-refractivity contribution in [2.24, 2.45) is 0 Å². The molecule has 0 fully saturated rings. The summed E-state index contributed by atoms with van der Waals surface area (Å²) in [5.74, 6) is -1.02. The van der Waals surface area contributed by atoms with Crippen molar-refractivity contribution in [2.75, 3.05) is 5.73 Å². The third-order valence-corrected chi connectivity index (χ3v) is 3.15. The number of esters is 1. The van der Waals surface area contributed by atoms with Crippen LogP contribution in [0, 0.1) is 12.7 Å². The van der Waals surface area contributed by atoms with Crippen molar-refractivity contribution in [2.45, 2.75) is 13.5 Å². The highest BCUT2D eigenvalue weighted by atomic mass is 35.5. The number of carbonyl (C=O) groups is 1. The van der Waals surface area contributed by atoms with Gasteiger partial charge in [-0.2, -0.15) is 0 Å². The molecule has 0 aliphatic carbocycles. The van der Waals surface area contributed by atoms with Gasteiger partial charge in [-0.1, -0.05) is 29.8 Å². The Kier molecular flexibility index (Phi) is 4.25. The van der Waals surface area contributed by atoms with Crippen molar-refractivity contribution < 1.29 is 13.9 Å². The van der Waals surface area contributed by atoms with E-state index in [1.165, 1.54) is 18.2 Å². The zero-order valence-electron chi connectivity index (χ0n) is 10.8. The van der Waals surface area contributed by atoms with Gasteiger partial charge >= 0.3 is 5.97 Å². The molecule has 2 rings (SSSR count). The van der Waals surface area contributed by atoms with Gasteiger partial charge in [-0.15, -0.1) is 0 Å². The predicted octanol–water partition coefficient (Wildman–Crippen LogP) is 3.73. The third kappa shape index (κ3) is 3.08. The number of benzene rings is 2. The van der Waals surface area contributed by atoms with E-state index in [0.717, 1.165) is 5.56 Å². The predicted molar refractivity (Wildman–Crippen MR) is 76.1 cm³/mol. The van der Waals surface area contributed by atoms with Gasteiger partial charge in [0.2, 0.25) is 0 Å². The highest BCUT2D eigenvalue weighted by Crippen LogP contribution is 2.20. The average Bonchev–Trinajstić information content (AvgIpc) is 2.40. The Morgan fingerprint density at radius 2 is 2.10 bits per heavy atom. The van der Waals surface area contributed by atoms with Gasteiger partial charge in [0.15, 0.2) is 0 Å². The van der Waals surface area contributed by atoms with E-state index in [0.29, 0.717) is 16.8 Å². The molecule has 2 N–H and O–H groups in total. The van der Waals surface area contributed by atoms with Gasteiger partial charge in [0.05, 0.1) is 10.6 Å². The molecule has 2 aromatic rings. The van der Waals surface area contributed by atoms with Crippen molar-refractivity contribution in [1.82, 2.24) is 0 Å². The van der Waals surface area contributed by atoms with Gasteiger partial charge in [-0.25, -0.2) is 9.18 Å². The van der Waals surface area contributed by atoms with Crippen LogP contribution >= 0.6 is 11.6 Å². The van der Waals surface area contributed by atoms with E-state index in [4.69, 9.17) is 22.1 Å². The molecule has 0 atom stereocenters. The van der Waals surface area contributed by atoms with Crippen LogP contribution in [0.2, 0.25) is 5.02 Å². The summed E-state index contributed by atoms with van der Waals surface area (Å²) < 4.78 is 18.2. The van der Waals surface area contributed by atoms with Crippen molar-refractivity contribution >= 4 is 23.3 Å². The average molecular weight is 294 g/mol. The smallest absolute Gasteiger partial charge is 0.340 e. The minimum absolute atomic E-state index is 0.00560. The maximum atomic E-state index is 13.0. The summed E-state index contributed by atoms with van der Waals surface area (Å²) in [6.45, 7) is 1.79. The first-order valence-electron chi connectivity index (χ1n) is 5.95. The molecular weight excluding hydrogens is 281 g/mol. The van der Waals surface area contributed by atoms with Gasteiger partial charge in [0.1, 0.15) is 12.4 Å². The molecular formula is C15H13ClFNO2. The SMILES string of the molecule is Cc1cccc(N)c1C(=O)OCc1ccc(F)c(Cl)c1. The molecule has 0 bridgehead atoms. The summed E-state index contributed by atoms with van der Waals surface area (Å²) in [6.07, 6.45) is 0. The fourth-order valence-corrected chi connectivity index (χ4v) is 2.02. The second-order valence-corrected chi connectivity index (χ2v) is 4.77. The second-order valence-electron chi connectivity index (χ2n) is 4.36. The summed E-state index contributed by atoms with van der Waals surface area (Å²) in [5, 5.41) is -0.00560. The number of anilines is 1. The number of hydrogen-bond donors (Lipinski definition) is 1. The van der Waals surface area contributed by atoms with Crippen molar-refractivity contribution in [3.63, 3.8) is 0 Å². The first kappa shape index (κ1) is 14.3. The topological polar surface area (TPSA) is 52.3 Å². The number of halogens is 2. The third-order valence-electron chi connectivity index (χ3n) is 2.86. The number of aryl methyl sites for hydroxylation is 1. The first-order chi connectivity index (χ1) is 9.49. The summed E-state index contributed by atoms with van der Waals surface area (Å²) in [6, 6.07) is 9.34. The Hall–Kier alpha value is -2.07. The Morgan fingerprint density at radius 3 is 2.75 bits per heavy atom. The van der Waals surface area contributed by atoms with Crippen LogP contribution in [0.4, 0.5) is 10.1 Å². The van der Waals surface area contributed by atoms with Crippen LogP contribution < -0.4 is 5.73 Å². The maximum absolute atomic E-state index is 13.0. The van der Waals surface area contributed by atoms with Crippen LogP contribution in [0.15, 0.2) is 36.4 Å². The molecule has 0 aliphatic heterocycles. The van der Waals surface area contributed by atoms with E-state index < -0.39 is 11.8 Å². The second kappa shape index (κ2) is 5.92. The van der Waals surface area contributed by atoms with Crippen LogP contribution in [0.5, 0.6) is 0 Å². The molecule has 3 nitrogen and oxygen atoms in total. The van der Waals surface area contributed by atoms with Gasteiger partial charge in [0, 0.05) is 5.69 Å². The lowest BCUT2D eigenvalue weighted by molar-refractivity contribution is 0.0473. The number of nitrogen functional groups attached to an aromatic ring is 1. The molecule has 0 spiro atoms. The highest BCUT2D eigenvalue weighted by molar-refractivity contribution is 6.30. The Bertz CT molecular complexity index is 638. The van der Waals surface area contributed by atoms with Crippen molar-refractivity contribution in [1.29, 1.82) is 0 Å². The molecule has 0 amide bonds. The molecule has 0 saturated carbocycles. The van der Waals surface area contributed by atoms with Gasteiger partial charge < -0.3 is 10.5 Å². The van der Waals surface area contributed by atoms with E-state index in [-0.39, 0.29) is 11.6 Å². The van der Waals surface area contributed by atoms with Crippen LogP contribution in [0.25, 0.3) is 0 Å². The molecule has 0 saturated heterocycles. The van der Waals surface area contributed by atoms with Crippen LogP contribution in [0.1, 0.15) is 21.5 Å². The molecule has 20 heavy (non-hydrogen) atoms. The van der Waals surface area contributed by atoms with E-state index in [2.05, 4.69) is 0 Å². The summed E-state index contributed by atoms with van der Waals surface area (Å²) in [5.41, 5.74) is 7.83. The fourth-order valence-electron chi connectivity index (χ4n) is 1.82. The molecule has 0 heterocycles. The van der Waals surface area contributed by atoms with Crippen LogP contribution in [-0.2, 0) is 11.3 Å². The van der Waals surface area contributed by atoms with Gasteiger partial charge in [0.25, 0.3) is 0 Å². The summed E-state index contributed by atoms with van der Waals surface area (Å²) in [4.78, 5) is 12.0. The van der Waals surface area contributed by atoms with Gasteiger partial charge in [-0.3, -0.25) is 0 Å². The maximum Gasteiger partial charge on any atom is 0.340 e. The van der Waals surface area contributed by atoms with E-state index in [9.17, 15) is 9.18 Å². The summed E-state index contributed by atoms with van der Waals surface area (Å²) >= 11 is 5.66. The molecule has 5 heteroatoms. The zero-order valence-corrected chi connectivity index (χ0v) is 11.6. The van der Waals surface area contributed by atoms with E-state index >= 15 is 0 Å². The quantitative estimate of drug-likeness (QED) is 0.693. The first-order valence-corrected chi connectivity index (χ1v) is 6.33. The number of hydrogen-bond acceptors (Lipinski definition) is 3. The molecule has 0 aliphatic rings. The molecule has 0 aromatic heterocycles. The van der Waals surface area contributed by atoms with Crippen molar-refractivity contribution in [3.8, 4) is 0 Å². The lowest BCUT2D eigenvalue weighted by Gasteiger charge is -2.09. The number of rotatable bonds is 3. The number of nitrogens with two attached hydrogens (primary N) is 1. The zero-order chi connectivity index (χ0) is 14.7. The van der Waals surface area contributed by atoms with E-state index in [1.807, 2.05) is 0 Å². The number of carbonyl (C=O) groups excluding carboxylic acids is 1.